The van der Waals surface area contributed by atoms with Gasteiger partial charge in [0, 0.05) is 0 Å². The number of hydrogen-bond donors (Lipinski definition) is 0. The van der Waals surface area contributed by atoms with Gasteiger partial charge in [0.1, 0.15) is 7.85 Å². The second-order valence-corrected chi connectivity index (χ2v) is 2.59. The lowest BCUT2D eigenvalue weighted by atomic mass is 9.90. The van der Waals surface area contributed by atoms with Crippen LogP contribution in [-0.4, -0.2) is 7.85 Å². The maximum Gasteiger partial charge on any atom is 0.139 e. The number of aryl methyl sites for hydroxylation is 2. The number of hydrogen-bond acceptors (Lipinski definition) is 0. The first-order valence-electron chi connectivity index (χ1n) is 3.24. The van der Waals surface area contributed by atoms with Gasteiger partial charge >= 0.3 is 0 Å². The van der Waals surface area contributed by atoms with E-state index >= 15 is 0 Å². The molecular weight excluding hydrogens is 107 g/mol. The van der Waals surface area contributed by atoms with Gasteiger partial charge in [-0.3, -0.25) is 0 Å². The van der Waals surface area contributed by atoms with Gasteiger partial charge in [-0.1, -0.05) is 34.8 Å². The Balaban J connectivity index is 3.17. The quantitative estimate of drug-likeness (QED) is 0.436. The summed E-state index contributed by atoms with van der Waals surface area (Å²) in [6.07, 6.45) is 0. The third-order valence-corrected chi connectivity index (χ3v) is 1.66. The van der Waals surface area contributed by atoms with Crippen molar-refractivity contribution in [2.75, 3.05) is 0 Å². The Labute approximate surface area is 57.3 Å². The first kappa shape index (κ1) is 6.41. The van der Waals surface area contributed by atoms with Gasteiger partial charge in [0.2, 0.25) is 0 Å². The zero-order valence-corrected chi connectivity index (χ0v) is 6.23. The molecule has 1 heteroatoms. The molecule has 1 aromatic carbocycles. The van der Waals surface area contributed by atoms with Crippen LogP contribution in [0.25, 0.3) is 0 Å². The normalized spacial score (nSPS) is 9.56. The Morgan fingerprint density at radius 1 is 1.22 bits per heavy atom. The standard InChI is InChI=1S/C8H11B/c1-6-3-4-7(2)8(9)5-6/h3-5H,9H2,1-2H3. The molecule has 0 saturated heterocycles. The maximum atomic E-state index is 2.20. The summed E-state index contributed by atoms with van der Waals surface area (Å²) in [7, 11) is 2.14. The molecule has 0 N–H and O–H groups in total. The molecule has 0 aliphatic carbocycles. The van der Waals surface area contributed by atoms with E-state index in [1.165, 1.54) is 16.6 Å². The molecule has 0 radical (unpaired) electrons. The number of benzene rings is 1. The third kappa shape index (κ3) is 1.35. The van der Waals surface area contributed by atoms with E-state index in [-0.39, 0.29) is 0 Å². The van der Waals surface area contributed by atoms with Crippen molar-refractivity contribution in [1.82, 2.24) is 0 Å². The highest BCUT2D eigenvalue weighted by atomic mass is 13.9. The van der Waals surface area contributed by atoms with Crippen LogP contribution in [0.1, 0.15) is 11.1 Å². The summed E-state index contributed by atoms with van der Waals surface area (Å²) in [6.45, 7) is 4.25. The van der Waals surface area contributed by atoms with Crippen LogP contribution in [0.15, 0.2) is 18.2 Å². The summed E-state index contributed by atoms with van der Waals surface area (Å²) >= 11 is 0. The first-order chi connectivity index (χ1) is 4.20. The molecule has 1 rings (SSSR count). The van der Waals surface area contributed by atoms with Gasteiger partial charge < -0.3 is 0 Å². The Hall–Kier alpha value is -0.715. The molecule has 0 heterocycles. The van der Waals surface area contributed by atoms with E-state index in [2.05, 4.69) is 39.9 Å². The van der Waals surface area contributed by atoms with Crippen LogP contribution in [0.3, 0.4) is 0 Å². The van der Waals surface area contributed by atoms with Gasteiger partial charge in [-0.05, 0) is 13.8 Å². The Morgan fingerprint density at radius 3 is 2.33 bits per heavy atom. The van der Waals surface area contributed by atoms with Crippen LogP contribution in [-0.2, 0) is 0 Å². The van der Waals surface area contributed by atoms with E-state index in [0.29, 0.717) is 0 Å². The summed E-state index contributed by atoms with van der Waals surface area (Å²) in [5.41, 5.74) is 4.11. The van der Waals surface area contributed by atoms with Crippen LogP contribution >= 0.6 is 0 Å². The van der Waals surface area contributed by atoms with Crippen molar-refractivity contribution in [1.29, 1.82) is 0 Å². The van der Waals surface area contributed by atoms with Crippen LogP contribution in [0.5, 0.6) is 0 Å². The van der Waals surface area contributed by atoms with Crippen LogP contribution in [0, 0.1) is 13.8 Å². The van der Waals surface area contributed by atoms with E-state index in [1.54, 1.807) is 0 Å². The Morgan fingerprint density at radius 2 is 1.89 bits per heavy atom. The van der Waals surface area contributed by atoms with Gasteiger partial charge in [0.15, 0.2) is 0 Å². The second kappa shape index (κ2) is 2.26. The minimum atomic E-state index is 1.35. The Bertz CT molecular complexity index is 216. The molecule has 46 valence electrons. The highest BCUT2D eigenvalue weighted by Gasteiger charge is 1.89. The smallest absolute Gasteiger partial charge is 0.0858 e. The van der Waals surface area contributed by atoms with Crippen LogP contribution < -0.4 is 5.46 Å². The predicted molar refractivity (Wildman–Crippen MR) is 44.1 cm³/mol. The molecule has 1 aromatic rings. The molecule has 0 nitrogen and oxygen atoms in total. The van der Waals surface area contributed by atoms with Gasteiger partial charge in [-0.25, -0.2) is 0 Å². The highest BCUT2D eigenvalue weighted by Crippen LogP contribution is 1.96. The lowest BCUT2D eigenvalue weighted by Gasteiger charge is -1.98. The first-order valence-corrected chi connectivity index (χ1v) is 3.24. The monoisotopic (exact) mass is 118 g/mol. The predicted octanol–water partition coefficient (Wildman–Crippen LogP) is 0.562. The van der Waals surface area contributed by atoms with E-state index in [0.717, 1.165) is 0 Å². The summed E-state index contributed by atoms with van der Waals surface area (Å²) in [4.78, 5) is 0. The second-order valence-electron chi connectivity index (χ2n) is 2.59. The maximum absolute atomic E-state index is 2.20. The number of rotatable bonds is 0. The molecule has 0 saturated carbocycles. The van der Waals surface area contributed by atoms with Crippen molar-refractivity contribution < 1.29 is 0 Å². The average molecular weight is 118 g/mol. The van der Waals surface area contributed by atoms with Crippen molar-refractivity contribution in [2.45, 2.75) is 13.8 Å². The topological polar surface area (TPSA) is 0 Å². The van der Waals surface area contributed by atoms with Gasteiger partial charge in [0.05, 0.1) is 0 Å². The Kier molecular flexibility index (Phi) is 1.61. The van der Waals surface area contributed by atoms with Gasteiger partial charge in [-0.2, -0.15) is 0 Å². The fraction of sp³-hybridized carbons (Fsp3) is 0.250. The van der Waals surface area contributed by atoms with Crippen LogP contribution in [0.4, 0.5) is 0 Å². The summed E-state index contributed by atoms with van der Waals surface area (Å²) in [6, 6.07) is 6.50. The minimum Gasteiger partial charge on any atom is -0.0858 e. The molecule has 0 atom stereocenters. The van der Waals surface area contributed by atoms with E-state index < -0.39 is 0 Å². The van der Waals surface area contributed by atoms with Crippen molar-refractivity contribution in [2.24, 2.45) is 0 Å². The molecule has 0 aliphatic rings. The van der Waals surface area contributed by atoms with E-state index in [9.17, 15) is 0 Å². The van der Waals surface area contributed by atoms with Crippen molar-refractivity contribution in [3.8, 4) is 0 Å². The summed E-state index contributed by atoms with van der Waals surface area (Å²) < 4.78 is 0. The molecule has 0 fully saturated rings. The zero-order valence-electron chi connectivity index (χ0n) is 6.23. The lowest BCUT2D eigenvalue weighted by molar-refractivity contribution is 1.43. The average Bonchev–Trinajstić information content (AvgIpc) is 1.80. The molecule has 0 aromatic heterocycles. The largest absolute Gasteiger partial charge is 0.139 e. The van der Waals surface area contributed by atoms with Gasteiger partial charge in [-0.15, -0.1) is 0 Å². The summed E-state index contributed by atoms with van der Waals surface area (Å²) in [5, 5.41) is 0. The zero-order chi connectivity index (χ0) is 6.85. The third-order valence-electron chi connectivity index (χ3n) is 1.66. The summed E-state index contributed by atoms with van der Waals surface area (Å²) in [5.74, 6) is 0. The lowest BCUT2D eigenvalue weighted by Crippen LogP contribution is -2.06. The van der Waals surface area contributed by atoms with Crippen molar-refractivity contribution in [3.63, 3.8) is 0 Å². The molecule has 0 unspecified atom stereocenters. The molecule has 0 bridgehead atoms. The van der Waals surface area contributed by atoms with Crippen LogP contribution in [0.2, 0.25) is 0 Å². The fourth-order valence-electron chi connectivity index (χ4n) is 0.891. The van der Waals surface area contributed by atoms with Crippen molar-refractivity contribution in [3.05, 3.63) is 29.3 Å². The molecular formula is C8H11B. The van der Waals surface area contributed by atoms with Gasteiger partial charge in [0.25, 0.3) is 0 Å². The molecule has 9 heavy (non-hydrogen) atoms. The molecule has 0 aliphatic heterocycles. The fourth-order valence-corrected chi connectivity index (χ4v) is 0.891. The minimum absolute atomic E-state index is 1.35. The van der Waals surface area contributed by atoms with E-state index in [1.807, 2.05) is 0 Å². The molecule has 0 amide bonds. The van der Waals surface area contributed by atoms with Crippen molar-refractivity contribution >= 4 is 13.3 Å². The molecule has 0 spiro atoms. The highest BCUT2D eigenvalue weighted by molar-refractivity contribution is 6.33. The van der Waals surface area contributed by atoms with E-state index in [4.69, 9.17) is 0 Å². The SMILES string of the molecule is Bc1cc(C)ccc1C.